The molecule has 2 aliphatic carbocycles. The first kappa shape index (κ1) is 23.9. The number of alkyl carbamates (subject to hydrolysis) is 1. The van der Waals surface area contributed by atoms with Gasteiger partial charge < -0.3 is 25.0 Å². The van der Waals surface area contributed by atoms with Gasteiger partial charge in [0.2, 0.25) is 5.95 Å². The Hall–Kier alpha value is -2.43. The van der Waals surface area contributed by atoms with Crippen LogP contribution in [0.1, 0.15) is 43.4 Å². The van der Waals surface area contributed by atoms with Gasteiger partial charge in [-0.1, -0.05) is 23.7 Å². The van der Waals surface area contributed by atoms with Crippen molar-refractivity contribution in [1.82, 2.24) is 15.3 Å². The third-order valence-electron chi connectivity index (χ3n) is 7.69. The summed E-state index contributed by atoms with van der Waals surface area (Å²) in [6.07, 6.45) is 5.06. The number of aryl methyl sites for hydroxylation is 1. The molecule has 1 amide bonds. The largest absolute Gasteiger partial charge is 0.447 e. The van der Waals surface area contributed by atoms with Crippen molar-refractivity contribution in [2.24, 2.45) is 0 Å². The maximum absolute atomic E-state index is 12.9. The molecule has 2 aromatic rings. The highest BCUT2D eigenvalue weighted by Gasteiger charge is 2.47. The molecule has 6 rings (SSSR count). The predicted octanol–water partition coefficient (Wildman–Crippen LogP) is 3.38. The number of methoxy groups -OCH3 is 1. The van der Waals surface area contributed by atoms with Gasteiger partial charge >= 0.3 is 6.09 Å². The average molecular weight is 532 g/mol. The van der Waals surface area contributed by atoms with Crippen LogP contribution in [-0.2, 0) is 32.3 Å². The van der Waals surface area contributed by atoms with E-state index >= 15 is 0 Å². The molecule has 3 heterocycles. The number of aromatic nitrogens is 2. The van der Waals surface area contributed by atoms with Crippen LogP contribution in [0.5, 0.6) is 0 Å². The Morgan fingerprint density at radius 1 is 1.22 bits per heavy atom. The molecule has 36 heavy (non-hydrogen) atoms. The molecule has 11 heteroatoms. The second-order valence-electron chi connectivity index (χ2n) is 10.3. The topological polar surface area (TPSA) is 106 Å². The van der Waals surface area contributed by atoms with Crippen LogP contribution in [0.2, 0.25) is 5.02 Å². The number of anilines is 2. The van der Waals surface area contributed by atoms with Crippen LogP contribution in [0.25, 0.3) is 0 Å². The molecule has 3 fully saturated rings. The standard InChI is InChI=1S/C25H30ClN5O4S/c1-34-25(16-3-5-17(26)6-4-16)13-31(14-25)22-28-19-9-12-36(33)20(19)21(29-22)30-24(10-2-11-24)15-35-23(32)27-18-7-8-18/h3-6,18H,2,7-15H2,1H3,(H,27,32)(H,28,29,30). The zero-order valence-corrected chi connectivity index (χ0v) is 21.8. The van der Waals surface area contributed by atoms with Crippen LogP contribution >= 0.6 is 11.6 Å². The predicted molar refractivity (Wildman–Crippen MR) is 137 cm³/mol. The summed E-state index contributed by atoms with van der Waals surface area (Å²) in [5.41, 5.74) is 1.02. The highest BCUT2D eigenvalue weighted by atomic mass is 35.5. The van der Waals surface area contributed by atoms with Crippen molar-refractivity contribution in [3.05, 3.63) is 40.5 Å². The van der Waals surface area contributed by atoms with Crippen molar-refractivity contribution >= 4 is 40.3 Å². The lowest BCUT2D eigenvalue weighted by atomic mass is 9.77. The molecule has 192 valence electrons. The monoisotopic (exact) mass is 531 g/mol. The van der Waals surface area contributed by atoms with Crippen molar-refractivity contribution in [1.29, 1.82) is 0 Å². The van der Waals surface area contributed by atoms with Crippen LogP contribution in [0.4, 0.5) is 16.6 Å². The molecule has 0 bridgehead atoms. The quantitative estimate of drug-likeness (QED) is 0.534. The average Bonchev–Trinajstić information content (AvgIpc) is 3.55. The van der Waals surface area contributed by atoms with E-state index in [1.165, 1.54) is 0 Å². The van der Waals surface area contributed by atoms with Crippen LogP contribution in [-0.4, -0.2) is 64.4 Å². The van der Waals surface area contributed by atoms with E-state index in [9.17, 15) is 9.00 Å². The third-order valence-corrected chi connectivity index (χ3v) is 9.40. The van der Waals surface area contributed by atoms with E-state index in [4.69, 9.17) is 31.0 Å². The summed E-state index contributed by atoms with van der Waals surface area (Å²) in [5, 5.41) is 7.09. The number of benzene rings is 1. The van der Waals surface area contributed by atoms with Crippen LogP contribution in [0.3, 0.4) is 0 Å². The number of halogens is 1. The second kappa shape index (κ2) is 9.15. The summed E-state index contributed by atoms with van der Waals surface area (Å²) in [7, 11) is 0.562. The maximum Gasteiger partial charge on any atom is 0.407 e. The number of fused-ring (bicyclic) bond motifs is 1. The lowest BCUT2D eigenvalue weighted by molar-refractivity contribution is -0.0390. The molecule has 4 aliphatic rings. The van der Waals surface area contributed by atoms with Crippen LogP contribution in [0.15, 0.2) is 29.2 Å². The molecule has 1 unspecified atom stereocenters. The lowest BCUT2D eigenvalue weighted by Gasteiger charge is -2.49. The van der Waals surface area contributed by atoms with Crippen molar-refractivity contribution in [2.75, 3.05) is 42.8 Å². The lowest BCUT2D eigenvalue weighted by Crippen LogP contribution is -2.61. The molecule has 0 spiro atoms. The molecule has 2 saturated carbocycles. The minimum Gasteiger partial charge on any atom is -0.447 e. The SMILES string of the molecule is COC1(c2ccc(Cl)cc2)CN(c2nc3c(c(NC4(COC(=O)NC5CC5)CCC4)n2)S(=O)CC3)C1. The molecule has 1 aromatic heterocycles. The summed E-state index contributed by atoms with van der Waals surface area (Å²) in [6.45, 7) is 1.45. The molecule has 2 aliphatic heterocycles. The number of rotatable bonds is 8. The van der Waals surface area contributed by atoms with E-state index in [0.29, 0.717) is 46.9 Å². The summed E-state index contributed by atoms with van der Waals surface area (Å²) in [4.78, 5) is 24.5. The smallest absolute Gasteiger partial charge is 0.407 e. The molecule has 1 atom stereocenters. The number of hydrogen-bond acceptors (Lipinski definition) is 8. The van der Waals surface area contributed by atoms with Crippen molar-refractivity contribution < 1.29 is 18.5 Å². The Morgan fingerprint density at radius 3 is 2.61 bits per heavy atom. The van der Waals surface area contributed by atoms with E-state index in [2.05, 4.69) is 15.5 Å². The van der Waals surface area contributed by atoms with Gasteiger partial charge in [-0.25, -0.2) is 9.78 Å². The van der Waals surface area contributed by atoms with Crippen LogP contribution in [0, 0.1) is 0 Å². The minimum absolute atomic E-state index is 0.249. The van der Waals surface area contributed by atoms with Crippen molar-refractivity contribution in [3.8, 4) is 0 Å². The molecular formula is C25H30ClN5O4S. The maximum atomic E-state index is 12.9. The van der Waals surface area contributed by atoms with E-state index < -0.39 is 21.9 Å². The van der Waals surface area contributed by atoms with E-state index in [0.717, 1.165) is 43.4 Å². The number of carbonyl (C=O) groups is 1. The Balaban J connectivity index is 1.22. The van der Waals surface area contributed by atoms with Gasteiger partial charge in [0, 0.05) is 30.3 Å². The molecule has 1 saturated heterocycles. The number of ether oxygens (including phenoxy) is 2. The molecule has 9 nitrogen and oxygen atoms in total. The van der Waals surface area contributed by atoms with Gasteiger partial charge in [-0.15, -0.1) is 0 Å². The normalized spacial score (nSPS) is 23.3. The molecule has 1 aromatic carbocycles. The van der Waals surface area contributed by atoms with Gasteiger partial charge in [-0.2, -0.15) is 4.98 Å². The molecule has 2 N–H and O–H groups in total. The second-order valence-corrected chi connectivity index (χ2v) is 12.2. The number of amides is 1. The fourth-order valence-electron chi connectivity index (χ4n) is 5.10. The third kappa shape index (κ3) is 4.43. The van der Waals surface area contributed by atoms with E-state index in [1.54, 1.807) is 7.11 Å². The highest BCUT2D eigenvalue weighted by molar-refractivity contribution is 7.85. The number of nitrogens with zero attached hydrogens (tertiary/aromatic N) is 3. The minimum atomic E-state index is -1.15. The Bertz CT molecular complexity index is 1200. The number of nitrogens with one attached hydrogen (secondary N) is 2. The van der Waals surface area contributed by atoms with E-state index in [1.807, 2.05) is 24.3 Å². The van der Waals surface area contributed by atoms with Crippen LogP contribution < -0.4 is 15.5 Å². The summed E-state index contributed by atoms with van der Waals surface area (Å²) >= 11 is 6.07. The van der Waals surface area contributed by atoms with Gasteiger partial charge in [-0.3, -0.25) is 4.21 Å². The summed E-state index contributed by atoms with van der Waals surface area (Å²) in [6, 6.07) is 7.97. The number of hydrogen-bond donors (Lipinski definition) is 2. The van der Waals surface area contributed by atoms with Gasteiger partial charge in [0.15, 0.2) is 0 Å². The van der Waals surface area contributed by atoms with Gasteiger partial charge in [0.05, 0.1) is 35.1 Å². The Morgan fingerprint density at radius 2 is 1.97 bits per heavy atom. The van der Waals surface area contributed by atoms with E-state index in [-0.39, 0.29) is 18.7 Å². The zero-order chi connectivity index (χ0) is 24.9. The van der Waals surface area contributed by atoms with Gasteiger partial charge in [0.1, 0.15) is 22.9 Å². The van der Waals surface area contributed by atoms with Crippen molar-refractivity contribution in [2.45, 2.75) is 60.6 Å². The first-order chi connectivity index (χ1) is 17.4. The fraction of sp³-hybridized carbons (Fsp3) is 0.560. The zero-order valence-electron chi connectivity index (χ0n) is 20.2. The summed E-state index contributed by atoms with van der Waals surface area (Å²) in [5.74, 6) is 1.74. The molecule has 0 radical (unpaired) electrons. The Kier molecular flexibility index (Phi) is 6.08. The van der Waals surface area contributed by atoms with Gasteiger partial charge in [0.25, 0.3) is 0 Å². The summed E-state index contributed by atoms with van der Waals surface area (Å²) < 4.78 is 24.3. The first-order valence-corrected chi connectivity index (χ1v) is 14.2. The first-order valence-electron chi connectivity index (χ1n) is 12.5. The number of carbonyl (C=O) groups excluding carboxylic acids is 1. The Labute approximate surface area is 217 Å². The fourth-order valence-corrected chi connectivity index (χ4v) is 6.54. The molecular weight excluding hydrogens is 502 g/mol. The highest BCUT2D eigenvalue weighted by Crippen LogP contribution is 2.41. The van der Waals surface area contributed by atoms with Crippen molar-refractivity contribution in [3.63, 3.8) is 0 Å². The van der Waals surface area contributed by atoms with Gasteiger partial charge in [-0.05, 0) is 49.8 Å².